The molecule has 0 saturated heterocycles. The average Bonchev–Trinajstić information content (AvgIpc) is 2.51. The number of aliphatic carboxylic acids is 1. The first-order valence-electron chi connectivity index (χ1n) is 9.92. The minimum atomic E-state index is -0.653. The molecule has 2 nitrogen and oxygen atoms in total. The first-order valence-corrected chi connectivity index (χ1v) is 9.92. The van der Waals surface area contributed by atoms with Crippen molar-refractivity contribution in [3.63, 3.8) is 0 Å². The van der Waals surface area contributed by atoms with Crippen LogP contribution in [0.5, 0.6) is 0 Å². The van der Waals surface area contributed by atoms with E-state index in [1.54, 1.807) is 0 Å². The van der Waals surface area contributed by atoms with Gasteiger partial charge in [-0.2, -0.15) is 0 Å². The number of carboxylic acid groups (broad SMARTS) is 1. The fourth-order valence-electron chi connectivity index (χ4n) is 3.17. The summed E-state index contributed by atoms with van der Waals surface area (Å²) >= 11 is 0. The maximum atomic E-state index is 10.4. The Morgan fingerprint density at radius 3 is 1.41 bits per heavy atom. The standard InChI is InChI=1S/C20H40O2/c1-3-19(4-2)17-15-13-11-9-7-5-6-8-10-12-14-16-18-20(21)22/h19H,3-18H2,1-2H3,(H,21,22). The van der Waals surface area contributed by atoms with E-state index < -0.39 is 5.97 Å². The maximum Gasteiger partial charge on any atom is 0.303 e. The van der Waals surface area contributed by atoms with Gasteiger partial charge in [-0.15, -0.1) is 0 Å². The molecule has 0 amide bonds. The minimum absolute atomic E-state index is 0.345. The van der Waals surface area contributed by atoms with Gasteiger partial charge in [0.2, 0.25) is 0 Å². The van der Waals surface area contributed by atoms with Crippen LogP contribution in [-0.4, -0.2) is 11.1 Å². The van der Waals surface area contributed by atoms with Gasteiger partial charge in [-0.25, -0.2) is 0 Å². The van der Waals surface area contributed by atoms with Gasteiger partial charge in [-0.05, 0) is 12.3 Å². The normalized spacial score (nSPS) is 11.2. The second-order valence-electron chi connectivity index (χ2n) is 6.86. The highest BCUT2D eigenvalue weighted by molar-refractivity contribution is 5.66. The van der Waals surface area contributed by atoms with Gasteiger partial charge in [0.25, 0.3) is 0 Å². The first kappa shape index (κ1) is 21.5. The molecule has 0 saturated carbocycles. The van der Waals surface area contributed by atoms with E-state index in [-0.39, 0.29) is 0 Å². The monoisotopic (exact) mass is 312 g/mol. The smallest absolute Gasteiger partial charge is 0.303 e. The van der Waals surface area contributed by atoms with Crippen LogP contribution in [0.15, 0.2) is 0 Å². The molecule has 0 aromatic heterocycles. The lowest BCUT2D eigenvalue weighted by atomic mass is 9.95. The molecule has 0 aliphatic rings. The summed E-state index contributed by atoms with van der Waals surface area (Å²) in [4.78, 5) is 10.4. The zero-order chi connectivity index (χ0) is 16.5. The van der Waals surface area contributed by atoms with Crippen LogP contribution in [0.25, 0.3) is 0 Å². The molecule has 1 N–H and O–H groups in total. The van der Waals surface area contributed by atoms with Crippen molar-refractivity contribution in [1.29, 1.82) is 0 Å². The number of rotatable bonds is 17. The summed E-state index contributed by atoms with van der Waals surface area (Å²) in [7, 11) is 0. The van der Waals surface area contributed by atoms with Crippen LogP contribution in [-0.2, 0) is 4.79 Å². The van der Waals surface area contributed by atoms with E-state index in [2.05, 4.69) is 13.8 Å². The second kappa shape index (κ2) is 16.8. The van der Waals surface area contributed by atoms with Crippen molar-refractivity contribution < 1.29 is 9.90 Å². The number of carboxylic acids is 1. The Labute approximate surface area is 139 Å². The van der Waals surface area contributed by atoms with Crippen molar-refractivity contribution in [1.82, 2.24) is 0 Å². The quantitative estimate of drug-likeness (QED) is 0.294. The molecular formula is C20H40O2. The number of hydrogen-bond donors (Lipinski definition) is 1. The first-order chi connectivity index (χ1) is 10.7. The van der Waals surface area contributed by atoms with E-state index >= 15 is 0 Å². The highest BCUT2D eigenvalue weighted by Crippen LogP contribution is 2.18. The highest BCUT2D eigenvalue weighted by Gasteiger charge is 2.02. The summed E-state index contributed by atoms with van der Waals surface area (Å²) in [6, 6.07) is 0. The van der Waals surface area contributed by atoms with E-state index in [9.17, 15) is 4.79 Å². The van der Waals surface area contributed by atoms with Crippen molar-refractivity contribution in [3.8, 4) is 0 Å². The fraction of sp³-hybridized carbons (Fsp3) is 0.950. The Hall–Kier alpha value is -0.530. The molecule has 0 radical (unpaired) electrons. The molecule has 0 spiro atoms. The van der Waals surface area contributed by atoms with Gasteiger partial charge >= 0.3 is 5.97 Å². The molecular weight excluding hydrogens is 272 g/mol. The minimum Gasteiger partial charge on any atom is -0.481 e. The van der Waals surface area contributed by atoms with Crippen LogP contribution in [0.3, 0.4) is 0 Å². The molecule has 0 aliphatic heterocycles. The molecule has 132 valence electrons. The summed E-state index contributed by atoms with van der Waals surface area (Å²) < 4.78 is 0. The molecule has 0 atom stereocenters. The predicted molar refractivity (Wildman–Crippen MR) is 96.3 cm³/mol. The largest absolute Gasteiger partial charge is 0.481 e. The Balaban J connectivity index is 3.07. The summed E-state index contributed by atoms with van der Waals surface area (Å²) in [5, 5.41) is 8.54. The molecule has 0 heterocycles. The van der Waals surface area contributed by atoms with Gasteiger partial charge in [-0.1, -0.05) is 104 Å². The van der Waals surface area contributed by atoms with Crippen LogP contribution in [0, 0.1) is 5.92 Å². The third kappa shape index (κ3) is 15.9. The number of unbranched alkanes of at least 4 members (excludes halogenated alkanes) is 11. The van der Waals surface area contributed by atoms with Gasteiger partial charge in [0, 0.05) is 6.42 Å². The molecule has 0 aliphatic carbocycles. The second-order valence-corrected chi connectivity index (χ2v) is 6.86. The van der Waals surface area contributed by atoms with Crippen molar-refractivity contribution in [2.75, 3.05) is 0 Å². The Morgan fingerprint density at radius 1 is 0.682 bits per heavy atom. The summed E-state index contributed by atoms with van der Waals surface area (Å²) in [5.74, 6) is 0.315. The van der Waals surface area contributed by atoms with Crippen LogP contribution < -0.4 is 0 Å². The lowest BCUT2D eigenvalue weighted by Crippen LogP contribution is -1.96. The molecule has 22 heavy (non-hydrogen) atoms. The molecule has 0 aromatic carbocycles. The Kier molecular flexibility index (Phi) is 16.4. The van der Waals surface area contributed by atoms with Crippen molar-refractivity contribution in [2.45, 2.75) is 117 Å². The molecule has 0 fully saturated rings. The van der Waals surface area contributed by atoms with Crippen molar-refractivity contribution in [3.05, 3.63) is 0 Å². The maximum absolute atomic E-state index is 10.4. The zero-order valence-corrected chi connectivity index (χ0v) is 15.2. The zero-order valence-electron chi connectivity index (χ0n) is 15.2. The van der Waals surface area contributed by atoms with E-state index in [0.717, 1.165) is 18.8 Å². The highest BCUT2D eigenvalue weighted by atomic mass is 16.4. The van der Waals surface area contributed by atoms with Crippen molar-refractivity contribution in [2.24, 2.45) is 5.92 Å². The van der Waals surface area contributed by atoms with E-state index in [1.807, 2.05) is 0 Å². The molecule has 0 bridgehead atoms. The predicted octanol–water partition coefficient (Wildman–Crippen LogP) is 6.97. The average molecular weight is 313 g/mol. The van der Waals surface area contributed by atoms with Gasteiger partial charge in [-0.3, -0.25) is 4.79 Å². The topological polar surface area (TPSA) is 37.3 Å². The fourth-order valence-corrected chi connectivity index (χ4v) is 3.17. The summed E-state index contributed by atoms with van der Waals surface area (Å²) in [5.41, 5.74) is 0. The third-order valence-corrected chi connectivity index (χ3v) is 4.91. The molecule has 0 rings (SSSR count). The van der Waals surface area contributed by atoms with Crippen LogP contribution in [0.1, 0.15) is 117 Å². The third-order valence-electron chi connectivity index (χ3n) is 4.91. The van der Waals surface area contributed by atoms with Gasteiger partial charge < -0.3 is 5.11 Å². The van der Waals surface area contributed by atoms with Gasteiger partial charge in [0.05, 0.1) is 0 Å². The van der Waals surface area contributed by atoms with Gasteiger partial charge in [0.1, 0.15) is 0 Å². The van der Waals surface area contributed by atoms with E-state index in [1.165, 1.54) is 83.5 Å². The summed E-state index contributed by atoms with van der Waals surface area (Å²) in [6.07, 6.45) is 20.1. The van der Waals surface area contributed by atoms with Crippen LogP contribution in [0.2, 0.25) is 0 Å². The lowest BCUT2D eigenvalue weighted by Gasteiger charge is -2.11. The molecule has 0 aromatic rings. The van der Waals surface area contributed by atoms with Crippen LogP contribution in [0.4, 0.5) is 0 Å². The number of carbonyl (C=O) groups is 1. The SMILES string of the molecule is CCC(CC)CCCCCCCCCCCCCCC(=O)O. The van der Waals surface area contributed by atoms with Gasteiger partial charge in [0.15, 0.2) is 0 Å². The summed E-state index contributed by atoms with van der Waals surface area (Å²) in [6.45, 7) is 4.64. The number of hydrogen-bond acceptors (Lipinski definition) is 1. The Morgan fingerprint density at radius 2 is 1.05 bits per heavy atom. The van der Waals surface area contributed by atoms with Crippen molar-refractivity contribution >= 4 is 5.97 Å². The lowest BCUT2D eigenvalue weighted by molar-refractivity contribution is -0.137. The van der Waals surface area contributed by atoms with E-state index in [0.29, 0.717) is 6.42 Å². The Bertz CT molecular complexity index is 234. The molecule has 0 unspecified atom stereocenters. The van der Waals surface area contributed by atoms with E-state index in [4.69, 9.17) is 5.11 Å². The van der Waals surface area contributed by atoms with Crippen LogP contribution >= 0.6 is 0 Å². The molecule has 2 heteroatoms.